The van der Waals surface area contributed by atoms with Crippen LogP contribution in [0.25, 0.3) is 0 Å². The molecule has 5 unspecified atom stereocenters. The van der Waals surface area contributed by atoms with Gasteiger partial charge in [0.2, 0.25) is 5.78 Å². The molecule has 0 bridgehead atoms. The van der Waals surface area contributed by atoms with Crippen LogP contribution in [0.15, 0.2) is 36.4 Å². The van der Waals surface area contributed by atoms with E-state index in [-0.39, 0.29) is 46.7 Å². The van der Waals surface area contributed by atoms with Gasteiger partial charge in [-0.3, -0.25) is 24.5 Å². The molecule has 0 aromatic heterocycles. The molecule has 17 heteroatoms. The van der Waals surface area contributed by atoms with E-state index >= 15 is 0 Å². The predicted molar refractivity (Wildman–Crippen MR) is 179 cm³/mol. The van der Waals surface area contributed by atoms with Gasteiger partial charge >= 0.3 is 6.09 Å². The summed E-state index contributed by atoms with van der Waals surface area (Å²) in [6.07, 6.45) is -7.63. The number of aromatic hydroxyl groups is 2. The maximum absolute atomic E-state index is 13.9. The van der Waals surface area contributed by atoms with Gasteiger partial charge in [0.05, 0.1) is 47.0 Å². The van der Waals surface area contributed by atoms with Crippen molar-refractivity contribution in [3.63, 3.8) is 0 Å². The predicted octanol–water partition coefficient (Wildman–Crippen LogP) is 2.19. The number of Topliss-reactive ketones (excluding diaryl/α,β-unsaturated/α-hetero) is 1. The normalized spacial score (nSPS) is 24.8. The molecule has 3 aromatic carbocycles. The topological polar surface area (TPSA) is 262 Å². The number of aliphatic hydroxyl groups excluding tert-OH is 2. The number of amides is 1. The molecule has 53 heavy (non-hydrogen) atoms. The van der Waals surface area contributed by atoms with E-state index in [9.17, 15) is 54.8 Å². The second-order valence-corrected chi connectivity index (χ2v) is 13.2. The Balaban J connectivity index is 1.30. The lowest BCUT2D eigenvalue weighted by molar-refractivity contribution is -0.385. The van der Waals surface area contributed by atoms with Gasteiger partial charge in [0.25, 0.3) is 5.69 Å². The number of phenolic OH excluding ortho intramolecular Hbond substituents is 2. The number of ether oxygens (including phenoxy) is 4. The van der Waals surface area contributed by atoms with E-state index in [2.05, 4.69) is 5.32 Å². The largest absolute Gasteiger partial charge is 0.507 e. The quantitative estimate of drug-likeness (QED) is 0.0817. The Morgan fingerprint density at radius 2 is 1.81 bits per heavy atom. The summed E-state index contributed by atoms with van der Waals surface area (Å²) < 4.78 is 22.5. The summed E-state index contributed by atoms with van der Waals surface area (Å²) in [6, 6.07) is 7.52. The monoisotopic (exact) mass is 736 g/mol. The van der Waals surface area contributed by atoms with Crippen molar-refractivity contribution < 1.29 is 68.6 Å². The number of nitrogens with one attached hydrogen (secondary N) is 1. The Hall–Kier alpha value is -5.46. The molecule has 6 N–H and O–H groups in total. The highest BCUT2D eigenvalue weighted by Gasteiger charge is 2.50. The average molecular weight is 737 g/mol. The number of ketones is 3. The van der Waals surface area contributed by atoms with Gasteiger partial charge in [-0.15, -0.1) is 0 Å². The second kappa shape index (κ2) is 14.2. The fourth-order valence-corrected chi connectivity index (χ4v) is 7.14. The van der Waals surface area contributed by atoms with Gasteiger partial charge in [0.1, 0.15) is 42.2 Å². The van der Waals surface area contributed by atoms with E-state index in [0.717, 1.165) is 0 Å². The molecule has 17 nitrogen and oxygen atoms in total. The number of nitro groups is 1. The number of nitrogens with zero attached hydrogens (tertiary/aromatic N) is 1. The number of carbonyl (C=O) groups excluding carboxylic acids is 4. The third-order valence-corrected chi connectivity index (χ3v) is 9.90. The lowest BCUT2D eigenvalue weighted by atomic mass is 9.72. The molecule has 6 atom stereocenters. The van der Waals surface area contributed by atoms with Gasteiger partial charge in [-0.05, 0) is 25.5 Å². The minimum atomic E-state index is -2.38. The average Bonchev–Trinajstić information content (AvgIpc) is 3.12. The first-order valence-electron chi connectivity index (χ1n) is 16.5. The zero-order valence-electron chi connectivity index (χ0n) is 28.7. The molecule has 1 heterocycles. The van der Waals surface area contributed by atoms with E-state index in [1.54, 1.807) is 13.0 Å². The number of carbonyl (C=O) groups is 4. The highest BCUT2D eigenvalue weighted by atomic mass is 16.7. The first-order valence-corrected chi connectivity index (χ1v) is 16.5. The van der Waals surface area contributed by atoms with Crippen molar-refractivity contribution in [1.82, 2.24) is 5.32 Å². The summed E-state index contributed by atoms with van der Waals surface area (Å²) in [5.74, 6) is -4.23. The Bertz CT molecular complexity index is 2050. The van der Waals surface area contributed by atoms with Crippen molar-refractivity contribution in [1.29, 1.82) is 0 Å². The molecule has 1 aliphatic heterocycles. The Labute approximate surface area is 300 Å². The molecule has 1 amide bonds. The van der Waals surface area contributed by atoms with Crippen molar-refractivity contribution in [2.45, 2.75) is 76.0 Å². The smallest absolute Gasteiger partial charge is 0.407 e. The van der Waals surface area contributed by atoms with Crippen LogP contribution >= 0.6 is 0 Å². The summed E-state index contributed by atoms with van der Waals surface area (Å²) in [7, 11) is 1.29. The molecule has 1 saturated heterocycles. The van der Waals surface area contributed by atoms with Gasteiger partial charge < -0.3 is 49.8 Å². The second-order valence-electron chi connectivity index (χ2n) is 13.2. The number of fused-ring (bicyclic) bond motifs is 3. The number of hydrogen-bond acceptors (Lipinski definition) is 15. The molecular weight excluding hydrogens is 700 g/mol. The van der Waals surface area contributed by atoms with Crippen LogP contribution in [0.5, 0.6) is 17.2 Å². The maximum Gasteiger partial charge on any atom is 0.407 e. The van der Waals surface area contributed by atoms with Crippen LogP contribution in [-0.2, 0) is 32.0 Å². The number of aliphatic hydroxyl groups is 3. The van der Waals surface area contributed by atoms with E-state index in [4.69, 9.17) is 18.9 Å². The van der Waals surface area contributed by atoms with Crippen molar-refractivity contribution in [2.75, 3.05) is 13.7 Å². The molecule has 280 valence electrons. The third-order valence-electron chi connectivity index (χ3n) is 9.90. The number of hydrogen-bond donors (Lipinski definition) is 6. The number of methoxy groups -OCH3 is 1. The van der Waals surface area contributed by atoms with Gasteiger partial charge in [-0.2, -0.15) is 0 Å². The first-order chi connectivity index (χ1) is 25.1. The van der Waals surface area contributed by atoms with Gasteiger partial charge in [-0.1, -0.05) is 24.3 Å². The summed E-state index contributed by atoms with van der Waals surface area (Å²) in [4.78, 5) is 64.0. The van der Waals surface area contributed by atoms with Crippen molar-refractivity contribution in [3.05, 3.63) is 91.0 Å². The molecule has 2 aliphatic carbocycles. The number of benzene rings is 3. The van der Waals surface area contributed by atoms with E-state index in [1.165, 1.54) is 44.4 Å². The van der Waals surface area contributed by atoms with E-state index in [1.807, 2.05) is 0 Å². The lowest BCUT2D eigenvalue weighted by Gasteiger charge is -2.42. The SMILES string of the molecule is COc1cccc2c1C(=O)c1c(O)c3c(c(O)c1C2=O)C[C@@](O)(C(=O)CO)CC3OC1CC(NC(=O)OCc2ccc(C)c([N+](=O)[O-])c2)C(O)C(C)O1. The van der Waals surface area contributed by atoms with Crippen molar-refractivity contribution in [3.8, 4) is 17.2 Å². The van der Waals surface area contributed by atoms with Crippen molar-refractivity contribution in [2.24, 2.45) is 0 Å². The Kier molecular flexibility index (Phi) is 9.97. The van der Waals surface area contributed by atoms with Crippen LogP contribution in [0, 0.1) is 17.0 Å². The minimum absolute atomic E-state index is 0.0410. The molecule has 0 spiro atoms. The number of rotatable bonds is 9. The molecular formula is C36H36N2O15. The standard InChI is InChI=1S/C36H36N2O15/c1-15-7-8-17(9-21(15)38(48)49)14-51-35(46)37-20-10-25(52-16(2)30(20)41)53-23-12-36(47,24(40)13-39)11-19-27(23)34(45)29-28(32(19)43)31(42)18-5-4-6-22(50-3)26(18)33(29)44/h4-9,16,20,23,25,30,39,41,43,45,47H,10-14H2,1-3H3,(H,37,46)/t16?,20?,23?,25?,30?,36-/m0/s1. The lowest BCUT2D eigenvalue weighted by Crippen LogP contribution is -2.56. The van der Waals surface area contributed by atoms with Gasteiger partial charge in [0, 0.05) is 47.6 Å². The Morgan fingerprint density at radius 3 is 2.49 bits per heavy atom. The van der Waals surface area contributed by atoms with Crippen LogP contribution in [0.1, 0.15) is 80.0 Å². The fraction of sp³-hybridized carbons (Fsp3) is 0.389. The molecule has 3 aromatic rings. The van der Waals surface area contributed by atoms with Crippen LogP contribution in [-0.4, -0.2) is 97.8 Å². The number of aryl methyl sites for hydroxylation is 1. The third kappa shape index (κ3) is 6.57. The highest BCUT2D eigenvalue weighted by molar-refractivity contribution is 6.31. The zero-order valence-corrected chi connectivity index (χ0v) is 28.7. The molecule has 1 fully saturated rings. The maximum atomic E-state index is 13.9. The van der Waals surface area contributed by atoms with Crippen LogP contribution in [0.2, 0.25) is 0 Å². The molecule has 6 rings (SSSR count). The van der Waals surface area contributed by atoms with E-state index < -0.39 is 107 Å². The van der Waals surface area contributed by atoms with Crippen LogP contribution in [0.4, 0.5) is 10.5 Å². The van der Waals surface area contributed by atoms with Crippen LogP contribution in [0.3, 0.4) is 0 Å². The van der Waals surface area contributed by atoms with Gasteiger partial charge in [0.15, 0.2) is 17.9 Å². The number of phenols is 2. The summed E-state index contributed by atoms with van der Waals surface area (Å²) in [6.45, 7) is 1.60. The summed E-state index contributed by atoms with van der Waals surface area (Å²) in [5.41, 5.74) is -3.65. The van der Waals surface area contributed by atoms with Gasteiger partial charge in [-0.25, -0.2) is 4.79 Å². The van der Waals surface area contributed by atoms with Crippen molar-refractivity contribution >= 4 is 29.1 Å². The molecule has 0 radical (unpaired) electrons. The fourth-order valence-electron chi connectivity index (χ4n) is 7.14. The molecule has 0 saturated carbocycles. The molecule has 3 aliphatic rings. The summed E-state index contributed by atoms with van der Waals surface area (Å²) >= 11 is 0. The summed E-state index contributed by atoms with van der Waals surface area (Å²) in [5, 5.41) is 69.1. The Morgan fingerprint density at radius 1 is 1.09 bits per heavy atom. The minimum Gasteiger partial charge on any atom is -0.507 e. The van der Waals surface area contributed by atoms with Crippen LogP contribution < -0.4 is 10.1 Å². The zero-order chi connectivity index (χ0) is 38.5. The number of alkyl carbamates (subject to hydrolysis) is 1. The first kappa shape index (κ1) is 37.3. The van der Waals surface area contributed by atoms with E-state index in [0.29, 0.717) is 11.1 Å². The number of nitro benzene ring substituents is 1. The highest BCUT2D eigenvalue weighted by Crippen LogP contribution is 2.52.